The fourth-order valence-electron chi connectivity index (χ4n) is 5.70. The molecule has 1 N–H and O–H groups in total. The second-order valence-corrected chi connectivity index (χ2v) is 13.0. The molecule has 43 heavy (non-hydrogen) atoms. The zero-order chi connectivity index (χ0) is 30.5. The molecule has 0 radical (unpaired) electrons. The molecule has 1 heterocycles. The summed E-state index contributed by atoms with van der Waals surface area (Å²) in [5, 5.41) is 3.09. The van der Waals surface area contributed by atoms with Gasteiger partial charge in [0.15, 0.2) is 5.75 Å². The molecule has 3 aromatic carbocycles. The molecule has 11 heteroatoms. The Balaban J connectivity index is 1.22. The lowest BCUT2D eigenvalue weighted by molar-refractivity contribution is -0.137. The van der Waals surface area contributed by atoms with Gasteiger partial charge < -0.3 is 15.1 Å². The molecule has 2 aliphatic rings. The summed E-state index contributed by atoms with van der Waals surface area (Å²) >= 11 is 0. The fourth-order valence-corrected chi connectivity index (χ4v) is 6.96. The SMILES string of the molecule is O=C(NC1CCC(CCN2CCCC2)CC1)c1ccc(S(=O)(=O)N(Oc2ccc(C(F)(F)F)cc2)c2ccccc2)cc1. The molecule has 1 aliphatic carbocycles. The first-order chi connectivity index (χ1) is 20.6. The van der Waals surface area contributed by atoms with E-state index in [2.05, 4.69) is 10.2 Å². The maximum atomic E-state index is 13.6. The number of amides is 1. The number of benzene rings is 3. The van der Waals surface area contributed by atoms with Crippen LogP contribution in [-0.2, 0) is 16.2 Å². The normalized spacial score (nSPS) is 19.6. The van der Waals surface area contributed by atoms with Crippen LogP contribution in [0.2, 0.25) is 0 Å². The Hall–Kier alpha value is -3.57. The van der Waals surface area contributed by atoms with Crippen molar-refractivity contribution < 1.29 is 31.2 Å². The predicted molar refractivity (Wildman–Crippen MR) is 158 cm³/mol. The molecule has 7 nitrogen and oxygen atoms in total. The molecule has 2 fully saturated rings. The van der Waals surface area contributed by atoms with E-state index in [1.807, 2.05) is 0 Å². The Labute approximate surface area is 250 Å². The Kier molecular flexibility index (Phi) is 9.61. The molecule has 1 amide bonds. The first-order valence-corrected chi connectivity index (χ1v) is 16.1. The number of hydrogen-bond donors (Lipinski definition) is 1. The van der Waals surface area contributed by atoms with E-state index in [9.17, 15) is 26.4 Å². The first-order valence-electron chi connectivity index (χ1n) is 14.7. The summed E-state index contributed by atoms with van der Waals surface area (Å²) in [6.45, 7) is 3.58. The minimum Gasteiger partial charge on any atom is -0.364 e. The number of carbonyl (C=O) groups excluding carboxylic acids is 1. The standard InChI is InChI=1S/C32H36F3N3O4S/c33-32(34,35)26-12-16-29(17-13-26)42-38(28-6-2-1-3-7-28)43(40,41)30-18-10-25(11-19-30)31(39)36-27-14-8-24(9-15-27)20-23-37-21-4-5-22-37/h1-3,6-7,10-13,16-19,24,27H,4-5,8-9,14-15,20-23H2,(H,36,39). The van der Waals surface area contributed by atoms with Crippen molar-refractivity contribution in [2.45, 2.75) is 62.1 Å². The molecule has 1 aliphatic heterocycles. The van der Waals surface area contributed by atoms with E-state index in [-0.39, 0.29) is 28.3 Å². The molecule has 1 saturated heterocycles. The average Bonchev–Trinajstić information content (AvgIpc) is 3.54. The van der Waals surface area contributed by atoms with Crippen LogP contribution >= 0.6 is 0 Å². The summed E-state index contributed by atoms with van der Waals surface area (Å²) in [4.78, 5) is 21.0. The fraction of sp³-hybridized carbons (Fsp3) is 0.406. The number of para-hydroxylation sites is 1. The second-order valence-electron chi connectivity index (χ2n) is 11.2. The third-order valence-electron chi connectivity index (χ3n) is 8.20. The minimum absolute atomic E-state index is 0.0876. The van der Waals surface area contributed by atoms with Crippen molar-refractivity contribution in [3.05, 3.63) is 90.0 Å². The zero-order valence-electron chi connectivity index (χ0n) is 23.8. The van der Waals surface area contributed by atoms with Crippen LogP contribution in [0.4, 0.5) is 18.9 Å². The van der Waals surface area contributed by atoms with E-state index < -0.39 is 21.8 Å². The number of halogens is 3. The van der Waals surface area contributed by atoms with Gasteiger partial charge in [0, 0.05) is 11.6 Å². The summed E-state index contributed by atoms with van der Waals surface area (Å²) in [6, 6.07) is 17.3. The second kappa shape index (κ2) is 13.4. The number of anilines is 1. The lowest BCUT2D eigenvalue weighted by Crippen LogP contribution is -2.38. The number of hydrogen-bond acceptors (Lipinski definition) is 5. The van der Waals surface area contributed by atoms with Gasteiger partial charge in [0.25, 0.3) is 15.9 Å². The molecule has 0 atom stereocenters. The van der Waals surface area contributed by atoms with Crippen molar-refractivity contribution in [3.8, 4) is 5.75 Å². The van der Waals surface area contributed by atoms with Crippen molar-refractivity contribution in [3.63, 3.8) is 0 Å². The first kappa shape index (κ1) is 30.9. The highest BCUT2D eigenvalue weighted by Gasteiger charge is 2.32. The van der Waals surface area contributed by atoms with Gasteiger partial charge in [0.05, 0.1) is 16.1 Å². The van der Waals surface area contributed by atoms with Crippen LogP contribution in [0.3, 0.4) is 0 Å². The molecule has 5 rings (SSSR count). The quantitative estimate of drug-likeness (QED) is 0.258. The number of carbonyl (C=O) groups is 1. The van der Waals surface area contributed by atoms with Crippen molar-refractivity contribution >= 4 is 21.6 Å². The number of likely N-dealkylation sites (tertiary alicyclic amines) is 1. The highest BCUT2D eigenvalue weighted by Crippen LogP contribution is 2.32. The third-order valence-corrected chi connectivity index (χ3v) is 9.79. The van der Waals surface area contributed by atoms with E-state index in [4.69, 9.17) is 4.84 Å². The van der Waals surface area contributed by atoms with Crippen molar-refractivity contribution in [2.75, 3.05) is 24.1 Å². The number of rotatable bonds is 10. The lowest BCUT2D eigenvalue weighted by Gasteiger charge is -2.30. The van der Waals surface area contributed by atoms with Gasteiger partial charge in [-0.3, -0.25) is 4.79 Å². The Morgan fingerprint density at radius 2 is 1.51 bits per heavy atom. The largest absolute Gasteiger partial charge is 0.416 e. The predicted octanol–water partition coefficient (Wildman–Crippen LogP) is 6.67. The van der Waals surface area contributed by atoms with Gasteiger partial charge >= 0.3 is 6.18 Å². The number of sulfonamides is 1. The zero-order valence-corrected chi connectivity index (χ0v) is 24.6. The van der Waals surface area contributed by atoms with E-state index in [1.54, 1.807) is 18.2 Å². The lowest BCUT2D eigenvalue weighted by atomic mass is 9.84. The average molecular weight is 616 g/mol. The summed E-state index contributed by atoms with van der Waals surface area (Å²) in [5.41, 5.74) is -0.390. The van der Waals surface area contributed by atoms with Crippen LogP contribution in [0.1, 0.15) is 60.9 Å². The molecular formula is C32H36F3N3O4S. The smallest absolute Gasteiger partial charge is 0.364 e. The topological polar surface area (TPSA) is 79.0 Å². The van der Waals surface area contributed by atoms with Gasteiger partial charge in [-0.25, -0.2) is 0 Å². The maximum Gasteiger partial charge on any atom is 0.416 e. The van der Waals surface area contributed by atoms with Crippen LogP contribution in [0, 0.1) is 5.92 Å². The highest BCUT2D eigenvalue weighted by molar-refractivity contribution is 7.92. The van der Waals surface area contributed by atoms with Gasteiger partial charge in [-0.2, -0.15) is 21.6 Å². The molecule has 1 saturated carbocycles. The number of alkyl halides is 3. The van der Waals surface area contributed by atoms with Crippen molar-refractivity contribution in [1.29, 1.82) is 0 Å². The molecule has 3 aromatic rings. The Morgan fingerprint density at radius 3 is 2.12 bits per heavy atom. The van der Waals surface area contributed by atoms with Crippen LogP contribution in [0.5, 0.6) is 5.75 Å². The Morgan fingerprint density at radius 1 is 0.884 bits per heavy atom. The van der Waals surface area contributed by atoms with E-state index in [0.717, 1.165) is 56.5 Å². The third kappa shape index (κ3) is 7.88. The van der Waals surface area contributed by atoms with Gasteiger partial charge in [0.2, 0.25) is 0 Å². The van der Waals surface area contributed by atoms with Crippen LogP contribution < -0.4 is 14.6 Å². The van der Waals surface area contributed by atoms with Crippen LogP contribution in [0.25, 0.3) is 0 Å². The van der Waals surface area contributed by atoms with Crippen molar-refractivity contribution in [2.24, 2.45) is 5.92 Å². The maximum absolute atomic E-state index is 13.6. The van der Waals surface area contributed by atoms with Gasteiger partial charge in [-0.05, 0) is 131 Å². The Bertz CT molecular complexity index is 1450. The molecule has 0 spiro atoms. The van der Waals surface area contributed by atoms with Gasteiger partial charge in [-0.15, -0.1) is 0 Å². The highest BCUT2D eigenvalue weighted by atomic mass is 32.2. The summed E-state index contributed by atoms with van der Waals surface area (Å²) < 4.78 is 66.9. The monoisotopic (exact) mass is 615 g/mol. The van der Waals surface area contributed by atoms with E-state index in [0.29, 0.717) is 15.9 Å². The van der Waals surface area contributed by atoms with E-state index in [1.165, 1.54) is 68.8 Å². The molecule has 0 bridgehead atoms. The molecule has 0 unspecified atom stereocenters. The number of nitrogens with one attached hydrogen (secondary N) is 1. The molecule has 230 valence electrons. The minimum atomic E-state index is -4.54. The number of nitrogens with zero attached hydrogens (tertiary/aromatic N) is 2. The van der Waals surface area contributed by atoms with Crippen LogP contribution in [0.15, 0.2) is 83.8 Å². The van der Waals surface area contributed by atoms with Gasteiger partial charge in [-0.1, -0.05) is 22.7 Å². The van der Waals surface area contributed by atoms with Crippen molar-refractivity contribution in [1.82, 2.24) is 10.2 Å². The summed E-state index contributed by atoms with van der Waals surface area (Å²) in [5.74, 6) is 0.336. The molecular weight excluding hydrogens is 579 g/mol. The van der Waals surface area contributed by atoms with E-state index >= 15 is 0 Å². The van der Waals surface area contributed by atoms with Crippen LogP contribution in [-0.4, -0.2) is 44.9 Å². The summed E-state index contributed by atoms with van der Waals surface area (Å²) in [6.07, 6.45) is 3.30. The molecule has 0 aromatic heterocycles. The summed E-state index contributed by atoms with van der Waals surface area (Å²) in [7, 11) is -4.32. The van der Waals surface area contributed by atoms with Gasteiger partial charge in [0.1, 0.15) is 0 Å².